The van der Waals surface area contributed by atoms with Crippen molar-refractivity contribution in [1.82, 2.24) is 14.9 Å². The molecule has 1 aromatic heterocycles. The van der Waals surface area contributed by atoms with E-state index < -0.39 is 11.2 Å². The number of hydrogen-bond acceptors (Lipinski definition) is 4. The molecule has 2 heterocycles. The SMILES string of the molecule is CN1COc2c([nH]c(=O)[nH]c2=O)C1. The molecule has 1 aromatic rings. The van der Waals surface area contributed by atoms with Gasteiger partial charge in [0.1, 0.15) is 6.73 Å². The molecule has 0 unspecified atom stereocenters. The zero-order valence-corrected chi connectivity index (χ0v) is 7.09. The van der Waals surface area contributed by atoms with Gasteiger partial charge in [-0.3, -0.25) is 14.7 Å². The van der Waals surface area contributed by atoms with Gasteiger partial charge in [-0.15, -0.1) is 0 Å². The lowest BCUT2D eigenvalue weighted by Crippen LogP contribution is -2.36. The van der Waals surface area contributed by atoms with Crippen LogP contribution in [0, 0.1) is 0 Å². The van der Waals surface area contributed by atoms with Gasteiger partial charge in [0.15, 0.2) is 0 Å². The summed E-state index contributed by atoms with van der Waals surface area (Å²) in [6.45, 7) is 0.886. The average molecular weight is 183 g/mol. The second-order valence-corrected chi connectivity index (χ2v) is 3.00. The van der Waals surface area contributed by atoms with Crippen LogP contribution in [-0.2, 0) is 6.54 Å². The molecule has 70 valence electrons. The standard InChI is InChI=1S/C7H9N3O3/c1-10-2-4-5(13-3-10)6(11)9-7(12)8-4/h2-3H2,1H3,(H2,8,9,11,12). The highest BCUT2D eigenvalue weighted by molar-refractivity contribution is 5.24. The van der Waals surface area contributed by atoms with Crippen LogP contribution >= 0.6 is 0 Å². The van der Waals surface area contributed by atoms with E-state index in [1.54, 1.807) is 0 Å². The summed E-state index contributed by atoms with van der Waals surface area (Å²) in [4.78, 5) is 28.5. The van der Waals surface area contributed by atoms with Crippen LogP contribution in [0.3, 0.4) is 0 Å². The average Bonchev–Trinajstić information content (AvgIpc) is 2.02. The highest BCUT2D eigenvalue weighted by atomic mass is 16.5. The van der Waals surface area contributed by atoms with Crippen LogP contribution in [0.2, 0.25) is 0 Å². The van der Waals surface area contributed by atoms with E-state index in [1.807, 2.05) is 11.9 Å². The smallest absolute Gasteiger partial charge is 0.326 e. The van der Waals surface area contributed by atoms with Crippen LogP contribution in [0.25, 0.3) is 0 Å². The number of rotatable bonds is 0. The molecular formula is C7H9N3O3. The summed E-state index contributed by atoms with van der Waals surface area (Å²) in [5.41, 5.74) is -0.433. The Morgan fingerprint density at radius 2 is 2.15 bits per heavy atom. The van der Waals surface area contributed by atoms with Gasteiger partial charge in [-0.25, -0.2) is 4.79 Å². The Morgan fingerprint density at radius 3 is 2.92 bits per heavy atom. The maximum Gasteiger partial charge on any atom is 0.326 e. The zero-order chi connectivity index (χ0) is 9.42. The molecule has 1 aliphatic heterocycles. The Kier molecular flexibility index (Phi) is 1.70. The molecule has 1 aliphatic rings. The van der Waals surface area contributed by atoms with Gasteiger partial charge in [0.05, 0.1) is 5.69 Å². The maximum atomic E-state index is 11.2. The molecule has 6 nitrogen and oxygen atoms in total. The molecule has 0 aliphatic carbocycles. The summed E-state index contributed by atoms with van der Waals surface area (Å²) in [6.07, 6.45) is 0. The van der Waals surface area contributed by atoms with Crippen molar-refractivity contribution in [3.05, 3.63) is 26.5 Å². The van der Waals surface area contributed by atoms with Crippen molar-refractivity contribution in [2.24, 2.45) is 0 Å². The molecule has 6 heteroatoms. The van der Waals surface area contributed by atoms with Crippen molar-refractivity contribution in [3.8, 4) is 5.75 Å². The predicted octanol–water partition coefficient (Wildman–Crippen LogP) is -1.16. The van der Waals surface area contributed by atoms with Crippen LogP contribution < -0.4 is 16.0 Å². The van der Waals surface area contributed by atoms with E-state index in [4.69, 9.17) is 4.74 Å². The molecule has 0 amide bonds. The number of aromatic amines is 2. The summed E-state index contributed by atoms with van der Waals surface area (Å²) in [7, 11) is 1.84. The van der Waals surface area contributed by atoms with E-state index in [-0.39, 0.29) is 5.75 Å². The summed E-state index contributed by atoms with van der Waals surface area (Å²) in [6, 6.07) is 0. The van der Waals surface area contributed by atoms with E-state index in [0.717, 1.165) is 0 Å². The predicted molar refractivity (Wildman–Crippen MR) is 44.6 cm³/mol. The van der Waals surface area contributed by atoms with Gasteiger partial charge in [-0.05, 0) is 7.05 Å². The van der Waals surface area contributed by atoms with Gasteiger partial charge < -0.3 is 9.72 Å². The van der Waals surface area contributed by atoms with Gasteiger partial charge in [0, 0.05) is 6.54 Å². The Bertz CT molecular complexity index is 433. The summed E-state index contributed by atoms with van der Waals surface area (Å²) < 4.78 is 5.13. The van der Waals surface area contributed by atoms with Crippen molar-refractivity contribution in [1.29, 1.82) is 0 Å². The normalized spacial score (nSPS) is 16.4. The fourth-order valence-corrected chi connectivity index (χ4v) is 1.28. The van der Waals surface area contributed by atoms with Crippen LogP contribution in [-0.4, -0.2) is 28.6 Å². The molecule has 13 heavy (non-hydrogen) atoms. The fourth-order valence-electron chi connectivity index (χ4n) is 1.28. The van der Waals surface area contributed by atoms with E-state index in [1.165, 1.54) is 0 Å². The lowest BCUT2D eigenvalue weighted by Gasteiger charge is -2.23. The lowest BCUT2D eigenvalue weighted by atomic mass is 10.3. The third-order valence-electron chi connectivity index (χ3n) is 1.83. The summed E-state index contributed by atoms with van der Waals surface area (Å²) in [5.74, 6) is 0.220. The minimum absolute atomic E-state index is 0.220. The number of nitrogens with one attached hydrogen (secondary N) is 2. The van der Waals surface area contributed by atoms with E-state index in [0.29, 0.717) is 19.0 Å². The highest BCUT2D eigenvalue weighted by Gasteiger charge is 2.17. The largest absolute Gasteiger partial charge is 0.471 e. The maximum absolute atomic E-state index is 11.2. The lowest BCUT2D eigenvalue weighted by molar-refractivity contribution is 0.116. The Morgan fingerprint density at radius 1 is 1.38 bits per heavy atom. The van der Waals surface area contributed by atoms with Gasteiger partial charge in [-0.1, -0.05) is 0 Å². The molecule has 0 atom stereocenters. The van der Waals surface area contributed by atoms with Crippen LogP contribution in [0.15, 0.2) is 9.59 Å². The topological polar surface area (TPSA) is 78.2 Å². The van der Waals surface area contributed by atoms with Crippen molar-refractivity contribution in [2.45, 2.75) is 6.54 Å². The summed E-state index contributed by atoms with van der Waals surface area (Å²) >= 11 is 0. The van der Waals surface area contributed by atoms with Crippen molar-refractivity contribution >= 4 is 0 Å². The fraction of sp³-hybridized carbons (Fsp3) is 0.429. The minimum atomic E-state index is -0.498. The second-order valence-electron chi connectivity index (χ2n) is 3.00. The van der Waals surface area contributed by atoms with E-state index >= 15 is 0 Å². The Hall–Kier alpha value is -1.56. The number of nitrogens with zero attached hydrogens (tertiary/aromatic N) is 1. The summed E-state index contributed by atoms with van der Waals surface area (Å²) in [5, 5.41) is 0. The van der Waals surface area contributed by atoms with Crippen LogP contribution in [0.1, 0.15) is 5.69 Å². The number of ether oxygens (including phenoxy) is 1. The molecule has 2 rings (SSSR count). The molecular weight excluding hydrogens is 174 g/mol. The molecule has 0 aromatic carbocycles. The third kappa shape index (κ3) is 1.35. The van der Waals surface area contributed by atoms with Crippen molar-refractivity contribution < 1.29 is 4.74 Å². The quantitative estimate of drug-likeness (QED) is 0.532. The molecule has 0 saturated carbocycles. The Labute approximate surface area is 73.2 Å². The first kappa shape index (κ1) is 8.06. The van der Waals surface area contributed by atoms with Crippen molar-refractivity contribution in [3.63, 3.8) is 0 Å². The highest BCUT2D eigenvalue weighted by Crippen LogP contribution is 2.14. The van der Waals surface area contributed by atoms with Gasteiger partial charge in [-0.2, -0.15) is 0 Å². The van der Waals surface area contributed by atoms with Gasteiger partial charge >= 0.3 is 5.69 Å². The molecule has 0 saturated heterocycles. The third-order valence-corrected chi connectivity index (χ3v) is 1.83. The van der Waals surface area contributed by atoms with Gasteiger partial charge in [0.25, 0.3) is 5.56 Å². The molecule has 0 spiro atoms. The monoisotopic (exact) mass is 183 g/mol. The minimum Gasteiger partial charge on any atom is -0.471 e. The molecule has 0 fully saturated rings. The van der Waals surface area contributed by atoms with E-state index in [9.17, 15) is 9.59 Å². The number of H-pyrrole nitrogens is 2. The number of fused-ring (bicyclic) bond motifs is 1. The number of aromatic nitrogens is 2. The number of hydrogen-bond donors (Lipinski definition) is 2. The first-order valence-corrected chi connectivity index (χ1v) is 3.83. The molecule has 0 radical (unpaired) electrons. The molecule has 2 N–H and O–H groups in total. The van der Waals surface area contributed by atoms with Crippen LogP contribution in [0.4, 0.5) is 0 Å². The van der Waals surface area contributed by atoms with Crippen LogP contribution in [0.5, 0.6) is 5.75 Å². The first-order chi connectivity index (χ1) is 6.16. The zero-order valence-electron chi connectivity index (χ0n) is 7.09. The van der Waals surface area contributed by atoms with Crippen molar-refractivity contribution in [2.75, 3.05) is 13.8 Å². The first-order valence-electron chi connectivity index (χ1n) is 3.83. The second kappa shape index (κ2) is 2.74. The Balaban J connectivity index is 2.60. The molecule has 0 bridgehead atoms. The van der Waals surface area contributed by atoms with E-state index in [2.05, 4.69) is 9.97 Å². The van der Waals surface area contributed by atoms with Gasteiger partial charge in [0.2, 0.25) is 5.75 Å².